The van der Waals surface area contributed by atoms with Gasteiger partial charge < -0.3 is 9.15 Å². The van der Waals surface area contributed by atoms with Gasteiger partial charge in [-0.25, -0.2) is 14.5 Å². The zero-order valence-electron chi connectivity index (χ0n) is 16.3. The number of imide groups is 2. The fourth-order valence-electron chi connectivity index (χ4n) is 2.98. The maximum atomic E-state index is 13.0. The van der Waals surface area contributed by atoms with E-state index in [0.29, 0.717) is 11.3 Å². The molecule has 154 valence electrons. The van der Waals surface area contributed by atoms with Crippen molar-refractivity contribution in [2.45, 2.75) is 6.92 Å². The van der Waals surface area contributed by atoms with E-state index < -0.39 is 23.8 Å². The molecule has 2 heterocycles. The third-order valence-electron chi connectivity index (χ3n) is 4.54. The summed E-state index contributed by atoms with van der Waals surface area (Å²) in [6.45, 7) is 1.87. The van der Waals surface area contributed by atoms with E-state index in [-0.39, 0.29) is 17.1 Å². The molecule has 0 unspecified atom stereocenters. The second-order valence-corrected chi connectivity index (χ2v) is 6.70. The van der Waals surface area contributed by atoms with Crippen LogP contribution < -0.4 is 15.0 Å². The quantitative estimate of drug-likeness (QED) is 0.302. The summed E-state index contributed by atoms with van der Waals surface area (Å²) in [4.78, 5) is 50.8. The van der Waals surface area contributed by atoms with Crippen LogP contribution in [-0.2, 0) is 9.59 Å². The second-order valence-electron chi connectivity index (χ2n) is 6.70. The monoisotopic (exact) mass is 416 g/mol. The minimum absolute atomic E-state index is 0.00471. The van der Waals surface area contributed by atoms with Crippen molar-refractivity contribution in [3.63, 3.8) is 0 Å². The van der Waals surface area contributed by atoms with Crippen LogP contribution in [-0.4, -0.2) is 23.8 Å². The minimum Gasteiger partial charge on any atom is -0.457 e. The van der Waals surface area contributed by atoms with Crippen molar-refractivity contribution in [3.8, 4) is 5.75 Å². The number of aryl methyl sites for hydroxylation is 1. The number of benzene rings is 2. The summed E-state index contributed by atoms with van der Waals surface area (Å²) in [6.07, 6.45) is 2.61. The smallest absolute Gasteiger partial charge is 0.379 e. The van der Waals surface area contributed by atoms with Gasteiger partial charge in [0.25, 0.3) is 11.8 Å². The molecule has 8 nitrogen and oxygen atoms in total. The number of esters is 1. The molecule has 1 fully saturated rings. The molecule has 0 saturated carbocycles. The number of hydrogen-bond donors (Lipinski definition) is 1. The number of anilines is 1. The molecule has 2 aromatic carbocycles. The summed E-state index contributed by atoms with van der Waals surface area (Å²) in [5, 5.41) is 2.16. The fraction of sp³-hybridized carbons (Fsp3) is 0.0435. The summed E-state index contributed by atoms with van der Waals surface area (Å²) >= 11 is 0. The largest absolute Gasteiger partial charge is 0.457 e. The molecule has 1 aliphatic rings. The van der Waals surface area contributed by atoms with Gasteiger partial charge in [-0.15, -0.1) is 0 Å². The normalized spacial score (nSPS) is 15.2. The van der Waals surface area contributed by atoms with Crippen molar-refractivity contribution < 1.29 is 28.3 Å². The van der Waals surface area contributed by atoms with Crippen molar-refractivity contribution in [2.24, 2.45) is 0 Å². The Morgan fingerprint density at radius 1 is 1.00 bits per heavy atom. The van der Waals surface area contributed by atoms with Gasteiger partial charge in [-0.05, 0) is 43.3 Å². The van der Waals surface area contributed by atoms with E-state index in [2.05, 4.69) is 5.32 Å². The number of hydrogen-bond acceptors (Lipinski definition) is 6. The number of nitrogens with one attached hydrogen (secondary N) is 1. The minimum atomic E-state index is -0.842. The van der Waals surface area contributed by atoms with Crippen LogP contribution in [0.25, 0.3) is 6.08 Å². The highest BCUT2D eigenvalue weighted by Crippen LogP contribution is 2.26. The van der Waals surface area contributed by atoms with Crippen LogP contribution in [0.4, 0.5) is 10.5 Å². The highest BCUT2D eigenvalue weighted by Gasteiger charge is 2.37. The Morgan fingerprint density at radius 2 is 1.74 bits per heavy atom. The number of amides is 4. The first-order valence-corrected chi connectivity index (χ1v) is 9.27. The lowest BCUT2D eigenvalue weighted by Crippen LogP contribution is -2.54. The first kappa shape index (κ1) is 19.8. The topological polar surface area (TPSA) is 106 Å². The lowest BCUT2D eigenvalue weighted by molar-refractivity contribution is -0.122. The van der Waals surface area contributed by atoms with Crippen molar-refractivity contribution in [1.82, 2.24) is 5.32 Å². The third kappa shape index (κ3) is 3.99. The van der Waals surface area contributed by atoms with Gasteiger partial charge in [0, 0.05) is 5.56 Å². The second kappa shape index (κ2) is 8.11. The first-order valence-electron chi connectivity index (χ1n) is 9.27. The number of carbonyl (C=O) groups excluding carboxylic acids is 4. The van der Waals surface area contributed by atoms with Gasteiger partial charge in [0.2, 0.25) is 5.76 Å². The number of barbiturate groups is 1. The van der Waals surface area contributed by atoms with E-state index in [1.807, 2.05) is 6.92 Å². The molecule has 0 aliphatic carbocycles. The van der Waals surface area contributed by atoms with Crippen molar-refractivity contribution >= 4 is 35.6 Å². The molecule has 4 rings (SSSR count). The summed E-state index contributed by atoms with van der Waals surface area (Å²) < 4.78 is 10.4. The molecule has 0 radical (unpaired) electrons. The van der Waals surface area contributed by atoms with Crippen LogP contribution >= 0.6 is 0 Å². The van der Waals surface area contributed by atoms with Crippen LogP contribution in [0, 0.1) is 6.92 Å². The summed E-state index contributed by atoms with van der Waals surface area (Å²) in [5.41, 5.74) is 1.30. The van der Waals surface area contributed by atoms with Gasteiger partial charge in [0.15, 0.2) is 0 Å². The number of carbonyl (C=O) groups is 4. The Bertz CT molecular complexity index is 1210. The van der Waals surface area contributed by atoms with Gasteiger partial charge in [-0.1, -0.05) is 35.9 Å². The van der Waals surface area contributed by atoms with Crippen LogP contribution in [0.15, 0.2) is 76.9 Å². The summed E-state index contributed by atoms with van der Waals surface area (Å²) in [6, 6.07) is 15.3. The highest BCUT2D eigenvalue weighted by atomic mass is 16.5. The maximum absolute atomic E-state index is 13.0. The molecule has 1 aliphatic heterocycles. The lowest BCUT2D eigenvalue weighted by atomic mass is 10.1. The van der Waals surface area contributed by atoms with E-state index in [0.717, 1.165) is 10.5 Å². The van der Waals surface area contributed by atoms with E-state index in [4.69, 9.17) is 9.15 Å². The highest BCUT2D eigenvalue weighted by molar-refractivity contribution is 6.39. The van der Waals surface area contributed by atoms with Gasteiger partial charge in [-0.3, -0.25) is 14.9 Å². The SMILES string of the molecule is Cc1ccc(N2C(=O)NC(=O)/C(=C/c3ccccc3OC(=O)c3ccco3)C2=O)cc1. The standard InChI is InChI=1S/C23H16N2O6/c1-14-8-10-16(11-9-14)25-21(27)17(20(26)24-23(25)29)13-15-5-2-3-6-18(15)31-22(28)19-7-4-12-30-19/h2-13H,1H3,(H,24,26,29)/b17-13-. The molecule has 4 amide bonds. The molecule has 31 heavy (non-hydrogen) atoms. The Kier molecular flexibility index (Phi) is 5.19. The zero-order valence-corrected chi connectivity index (χ0v) is 16.3. The van der Waals surface area contributed by atoms with E-state index in [9.17, 15) is 19.2 Å². The van der Waals surface area contributed by atoms with Crippen LogP contribution in [0.2, 0.25) is 0 Å². The van der Waals surface area contributed by atoms with Gasteiger partial charge in [0.1, 0.15) is 11.3 Å². The number of ether oxygens (including phenoxy) is 1. The van der Waals surface area contributed by atoms with Gasteiger partial charge in [-0.2, -0.15) is 0 Å². The molecule has 8 heteroatoms. The van der Waals surface area contributed by atoms with Crippen LogP contribution in [0.3, 0.4) is 0 Å². The Balaban J connectivity index is 1.68. The number of para-hydroxylation sites is 1. The summed E-state index contributed by atoms with van der Waals surface area (Å²) in [5.74, 6) is -2.23. The van der Waals surface area contributed by atoms with Crippen molar-refractivity contribution in [3.05, 3.63) is 89.4 Å². The number of urea groups is 1. The molecular weight excluding hydrogens is 400 g/mol. The third-order valence-corrected chi connectivity index (χ3v) is 4.54. The molecular formula is C23H16N2O6. The Hall–Kier alpha value is -4.46. The molecule has 0 bridgehead atoms. The summed E-state index contributed by atoms with van der Waals surface area (Å²) in [7, 11) is 0. The van der Waals surface area contributed by atoms with Gasteiger partial charge >= 0.3 is 12.0 Å². The zero-order chi connectivity index (χ0) is 22.0. The maximum Gasteiger partial charge on any atom is 0.379 e. The predicted molar refractivity (Wildman–Crippen MR) is 110 cm³/mol. The Morgan fingerprint density at radius 3 is 2.45 bits per heavy atom. The van der Waals surface area contributed by atoms with Crippen LogP contribution in [0.1, 0.15) is 21.7 Å². The molecule has 1 saturated heterocycles. The predicted octanol–water partition coefficient (Wildman–Crippen LogP) is 3.47. The molecule has 3 aromatic rings. The fourth-order valence-corrected chi connectivity index (χ4v) is 2.98. The molecule has 0 spiro atoms. The van der Waals surface area contributed by atoms with E-state index in [1.165, 1.54) is 24.5 Å². The number of furan rings is 1. The van der Waals surface area contributed by atoms with Crippen molar-refractivity contribution in [1.29, 1.82) is 0 Å². The molecule has 1 N–H and O–H groups in total. The van der Waals surface area contributed by atoms with E-state index in [1.54, 1.807) is 48.5 Å². The first-order chi connectivity index (χ1) is 14.9. The average Bonchev–Trinajstić information content (AvgIpc) is 3.28. The van der Waals surface area contributed by atoms with Crippen LogP contribution in [0.5, 0.6) is 5.75 Å². The number of rotatable bonds is 4. The van der Waals surface area contributed by atoms with Gasteiger partial charge in [0.05, 0.1) is 12.0 Å². The Labute approximate surface area is 176 Å². The average molecular weight is 416 g/mol. The number of nitrogens with zero attached hydrogens (tertiary/aromatic N) is 1. The lowest BCUT2D eigenvalue weighted by Gasteiger charge is -2.26. The van der Waals surface area contributed by atoms with E-state index >= 15 is 0 Å². The molecule has 1 aromatic heterocycles. The van der Waals surface area contributed by atoms with Crippen molar-refractivity contribution in [2.75, 3.05) is 4.90 Å². The molecule has 0 atom stereocenters.